The third-order valence-electron chi connectivity index (χ3n) is 6.14. The molecule has 0 aromatic heterocycles. The molecule has 0 spiro atoms. The fraction of sp³-hybridized carbons (Fsp3) is 0.100. The van der Waals surface area contributed by atoms with Gasteiger partial charge in [-0.15, -0.1) is 0 Å². The van der Waals surface area contributed by atoms with Crippen molar-refractivity contribution in [3.8, 4) is 0 Å². The van der Waals surface area contributed by atoms with Crippen molar-refractivity contribution in [3.05, 3.63) is 124 Å². The number of nitrogens with one attached hydrogen (secondary N) is 2. The molecule has 228 valence electrons. The van der Waals surface area contributed by atoms with Gasteiger partial charge in [0.05, 0.1) is 26.9 Å². The Morgan fingerprint density at radius 3 is 2.23 bits per heavy atom. The molecule has 0 atom stereocenters. The molecular weight excluding hydrogens is 640 g/mol. The predicted octanol–water partition coefficient (Wildman–Crippen LogP) is 7.00. The number of nitrogens with zero attached hydrogens (tertiary/aromatic N) is 2. The predicted molar refractivity (Wildman–Crippen MR) is 164 cm³/mol. The minimum absolute atomic E-state index is 0.243. The van der Waals surface area contributed by atoms with Gasteiger partial charge in [-0.3, -0.25) is 13.9 Å². The van der Waals surface area contributed by atoms with Crippen LogP contribution in [-0.2, 0) is 21.0 Å². The molecule has 0 fully saturated rings. The number of benzene rings is 4. The van der Waals surface area contributed by atoms with Gasteiger partial charge in [-0.2, -0.15) is 18.3 Å². The highest BCUT2D eigenvalue weighted by molar-refractivity contribution is 7.92. The van der Waals surface area contributed by atoms with E-state index in [-0.39, 0.29) is 4.90 Å². The van der Waals surface area contributed by atoms with Gasteiger partial charge >= 0.3 is 6.18 Å². The number of halogens is 5. The maximum Gasteiger partial charge on any atom is 0.417 e. The Bertz CT molecular complexity index is 1840. The van der Waals surface area contributed by atoms with E-state index in [0.717, 1.165) is 12.1 Å². The average molecular weight is 664 g/mol. The normalized spacial score (nSPS) is 12.0. The van der Waals surface area contributed by atoms with Crippen molar-refractivity contribution in [1.29, 1.82) is 0 Å². The van der Waals surface area contributed by atoms with Crippen molar-refractivity contribution in [2.75, 3.05) is 16.2 Å². The summed E-state index contributed by atoms with van der Waals surface area (Å²) < 4.78 is 68.2. The Morgan fingerprint density at radius 1 is 0.864 bits per heavy atom. The van der Waals surface area contributed by atoms with Crippen LogP contribution < -0.4 is 15.0 Å². The Kier molecular flexibility index (Phi) is 9.98. The number of hydrogen-bond donors (Lipinski definition) is 2. The van der Waals surface area contributed by atoms with Crippen LogP contribution in [0.5, 0.6) is 0 Å². The summed E-state index contributed by atoms with van der Waals surface area (Å²) in [5.74, 6) is -1.33. The molecule has 0 radical (unpaired) electrons. The monoisotopic (exact) mass is 662 g/mol. The Balaban J connectivity index is 1.56. The maximum absolute atomic E-state index is 13.6. The molecule has 2 N–H and O–H groups in total. The van der Waals surface area contributed by atoms with Gasteiger partial charge in [-0.25, -0.2) is 13.8 Å². The van der Waals surface area contributed by atoms with Crippen LogP contribution in [0, 0.1) is 0 Å². The number of anilines is 2. The van der Waals surface area contributed by atoms with E-state index in [1.54, 1.807) is 55.5 Å². The number of carbonyl (C=O) groups is 2. The lowest BCUT2D eigenvalue weighted by atomic mass is 10.1. The van der Waals surface area contributed by atoms with E-state index < -0.39 is 50.8 Å². The number of amides is 2. The van der Waals surface area contributed by atoms with Crippen molar-refractivity contribution in [3.63, 3.8) is 0 Å². The van der Waals surface area contributed by atoms with Gasteiger partial charge in [-0.05, 0) is 73.2 Å². The first-order valence-corrected chi connectivity index (χ1v) is 14.9. The fourth-order valence-electron chi connectivity index (χ4n) is 3.95. The number of sulfonamides is 1. The maximum atomic E-state index is 13.6. The summed E-state index contributed by atoms with van der Waals surface area (Å²) in [6.45, 7) is 0.661. The Morgan fingerprint density at radius 2 is 1.55 bits per heavy atom. The van der Waals surface area contributed by atoms with Gasteiger partial charge < -0.3 is 5.32 Å². The van der Waals surface area contributed by atoms with E-state index in [4.69, 9.17) is 23.2 Å². The van der Waals surface area contributed by atoms with Crippen molar-refractivity contribution < 1.29 is 31.2 Å². The minimum Gasteiger partial charge on any atom is -0.322 e. The highest BCUT2D eigenvalue weighted by Gasteiger charge is 2.35. The largest absolute Gasteiger partial charge is 0.417 e. The summed E-state index contributed by atoms with van der Waals surface area (Å²) in [5, 5.41) is 6.53. The minimum atomic E-state index is -4.87. The molecule has 0 aliphatic carbocycles. The number of alkyl halides is 3. The van der Waals surface area contributed by atoms with E-state index in [2.05, 4.69) is 15.8 Å². The van der Waals surface area contributed by atoms with E-state index in [1.807, 2.05) is 0 Å². The molecule has 14 heteroatoms. The number of hydrogen-bond acceptors (Lipinski definition) is 5. The summed E-state index contributed by atoms with van der Waals surface area (Å²) in [4.78, 5) is 25.3. The van der Waals surface area contributed by atoms with E-state index in [9.17, 15) is 31.2 Å². The highest BCUT2D eigenvalue weighted by Crippen LogP contribution is 2.38. The van der Waals surface area contributed by atoms with Crippen LogP contribution in [-0.4, -0.2) is 32.5 Å². The third kappa shape index (κ3) is 7.95. The zero-order valence-corrected chi connectivity index (χ0v) is 25.1. The molecule has 0 bridgehead atoms. The summed E-state index contributed by atoms with van der Waals surface area (Å²) in [7, 11) is -4.49. The van der Waals surface area contributed by atoms with Crippen LogP contribution in [0.3, 0.4) is 0 Å². The smallest absolute Gasteiger partial charge is 0.322 e. The van der Waals surface area contributed by atoms with Gasteiger partial charge in [0.15, 0.2) is 0 Å². The number of hydrazone groups is 1. The van der Waals surface area contributed by atoms with E-state index in [1.165, 1.54) is 30.3 Å². The first kappa shape index (κ1) is 32.5. The zero-order valence-electron chi connectivity index (χ0n) is 22.8. The van der Waals surface area contributed by atoms with Crippen LogP contribution in [0.25, 0.3) is 0 Å². The fourth-order valence-corrected chi connectivity index (χ4v) is 5.80. The third-order valence-corrected chi connectivity index (χ3v) is 8.49. The van der Waals surface area contributed by atoms with Crippen LogP contribution in [0.15, 0.2) is 107 Å². The topological polar surface area (TPSA) is 108 Å². The van der Waals surface area contributed by atoms with Crippen molar-refractivity contribution in [2.45, 2.75) is 18.0 Å². The zero-order chi connectivity index (χ0) is 32.1. The van der Waals surface area contributed by atoms with Crippen molar-refractivity contribution in [2.24, 2.45) is 5.10 Å². The standard InChI is InChI=1S/C30H23Cl2F3N4O4S/c1-19(20-7-6-10-23(16-20)36-29(41)21-8-5-9-22(31)15-21)37-38-28(40)18-39(44(42,43)25-11-3-2-4-12-25)24-13-14-27(32)26(17-24)30(33,34)35/h2-17H,18H2,1H3,(H,36,41)(H,38,40)/b37-19-. The lowest BCUT2D eigenvalue weighted by Crippen LogP contribution is -2.40. The van der Waals surface area contributed by atoms with Crippen molar-refractivity contribution >= 4 is 62.1 Å². The molecule has 0 aliphatic heterocycles. The van der Waals surface area contributed by atoms with Crippen LogP contribution in [0.4, 0.5) is 24.5 Å². The molecule has 0 saturated heterocycles. The molecule has 4 rings (SSSR count). The van der Waals surface area contributed by atoms with Crippen LogP contribution in [0.1, 0.15) is 28.4 Å². The second-order valence-electron chi connectivity index (χ2n) is 9.26. The van der Waals surface area contributed by atoms with Gasteiger partial charge in [0.25, 0.3) is 21.8 Å². The summed E-state index contributed by atoms with van der Waals surface area (Å²) in [6.07, 6.45) is -4.87. The van der Waals surface area contributed by atoms with E-state index >= 15 is 0 Å². The molecule has 4 aromatic rings. The molecule has 0 aliphatic rings. The van der Waals surface area contributed by atoms with Crippen LogP contribution >= 0.6 is 23.2 Å². The quantitative estimate of drug-likeness (QED) is 0.149. The Labute approximate surface area is 261 Å². The molecular formula is C30H23Cl2F3N4O4S. The van der Waals surface area contributed by atoms with Gasteiger partial charge in [0, 0.05) is 16.3 Å². The first-order chi connectivity index (χ1) is 20.8. The molecule has 4 aromatic carbocycles. The molecule has 0 unspecified atom stereocenters. The molecule has 0 saturated carbocycles. The SMILES string of the molecule is C/C(=N/NC(=O)CN(c1ccc(Cl)c(C(F)(F)F)c1)S(=O)(=O)c1ccccc1)c1cccc(NC(=O)c2cccc(Cl)c2)c1. The van der Waals surface area contributed by atoms with Gasteiger partial charge in [-0.1, -0.05) is 59.6 Å². The summed E-state index contributed by atoms with van der Waals surface area (Å²) in [6, 6.07) is 22.4. The van der Waals surface area contributed by atoms with E-state index in [0.29, 0.717) is 37.9 Å². The lowest BCUT2D eigenvalue weighted by Gasteiger charge is -2.25. The van der Waals surface area contributed by atoms with Crippen LogP contribution in [0.2, 0.25) is 10.0 Å². The molecule has 8 nitrogen and oxygen atoms in total. The lowest BCUT2D eigenvalue weighted by molar-refractivity contribution is -0.137. The highest BCUT2D eigenvalue weighted by atomic mass is 35.5. The second-order valence-corrected chi connectivity index (χ2v) is 12.0. The molecule has 0 heterocycles. The van der Waals surface area contributed by atoms with Gasteiger partial charge in [0.1, 0.15) is 6.54 Å². The summed E-state index contributed by atoms with van der Waals surface area (Å²) >= 11 is 11.7. The summed E-state index contributed by atoms with van der Waals surface area (Å²) in [5.41, 5.74) is 2.13. The molecule has 44 heavy (non-hydrogen) atoms. The molecule has 2 amide bonds. The Hall–Kier alpha value is -4.39. The first-order valence-electron chi connectivity index (χ1n) is 12.7. The average Bonchev–Trinajstić information content (AvgIpc) is 2.99. The number of carbonyl (C=O) groups excluding carboxylic acids is 2. The van der Waals surface area contributed by atoms with Gasteiger partial charge in [0.2, 0.25) is 0 Å². The number of rotatable bonds is 9. The van der Waals surface area contributed by atoms with Crippen molar-refractivity contribution in [1.82, 2.24) is 5.43 Å². The second kappa shape index (κ2) is 13.5.